The standard InChI is InChI=1S/C10H11N3O5S.ClH/c14-10-7-11-5-6-12(10)19(17,18)9-4-2-1-3-8(9)13(15)16;/h1-4,11H,5-7H2;1H. The van der Waals surface area contributed by atoms with Crippen LogP contribution in [0.5, 0.6) is 0 Å². The zero-order valence-corrected chi connectivity index (χ0v) is 11.8. The molecule has 1 amide bonds. The Balaban J connectivity index is 0.00000200. The van der Waals surface area contributed by atoms with Gasteiger partial charge in [-0.2, -0.15) is 0 Å². The molecule has 0 spiro atoms. The first-order chi connectivity index (χ1) is 8.94. The van der Waals surface area contributed by atoms with Gasteiger partial charge >= 0.3 is 0 Å². The Morgan fingerprint density at radius 3 is 2.55 bits per heavy atom. The molecule has 0 aromatic heterocycles. The normalized spacial score (nSPS) is 15.6. The number of nitrogens with zero attached hydrogens (tertiary/aromatic N) is 2. The van der Waals surface area contributed by atoms with Crippen LogP contribution in [0, 0.1) is 10.1 Å². The van der Waals surface area contributed by atoms with Crippen molar-refractivity contribution < 1.29 is 18.1 Å². The highest BCUT2D eigenvalue weighted by atomic mass is 35.5. The number of nitro groups is 1. The van der Waals surface area contributed by atoms with Gasteiger partial charge in [-0.25, -0.2) is 12.7 Å². The number of hydrogen-bond donors (Lipinski definition) is 1. The number of amides is 1. The lowest BCUT2D eigenvalue weighted by molar-refractivity contribution is -0.387. The number of benzene rings is 1. The van der Waals surface area contributed by atoms with E-state index in [1.54, 1.807) is 0 Å². The summed E-state index contributed by atoms with van der Waals surface area (Å²) in [6, 6.07) is 4.98. The lowest BCUT2D eigenvalue weighted by atomic mass is 10.3. The summed E-state index contributed by atoms with van der Waals surface area (Å²) in [5.74, 6) is -0.621. The molecule has 0 bridgehead atoms. The Labute approximate surface area is 121 Å². The molecule has 0 radical (unpaired) electrons. The van der Waals surface area contributed by atoms with Crippen LogP contribution in [-0.4, -0.2) is 43.2 Å². The molecule has 1 fully saturated rings. The molecule has 0 aliphatic carbocycles. The van der Waals surface area contributed by atoms with E-state index in [0.717, 1.165) is 12.1 Å². The molecule has 1 heterocycles. The van der Waals surface area contributed by atoms with Gasteiger partial charge in [-0.1, -0.05) is 12.1 Å². The predicted molar refractivity (Wildman–Crippen MR) is 72.1 cm³/mol. The van der Waals surface area contributed by atoms with Gasteiger partial charge in [0.1, 0.15) is 0 Å². The highest BCUT2D eigenvalue weighted by molar-refractivity contribution is 7.89. The SMILES string of the molecule is Cl.O=C1CNCCN1S(=O)(=O)c1ccccc1[N+](=O)[O-]. The second-order valence-electron chi connectivity index (χ2n) is 3.87. The number of hydrogen-bond acceptors (Lipinski definition) is 6. The summed E-state index contributed by atoms with van der Waals surface area (Å²) in [5.41, 5.74) is -0.533. The Bertz CT molecular complexity index is 634. The van der Waals surface area contributed by atoms with Crippen LogP contribution in [0.3, 0.4) is 0 Å². The highest BCUT2D eigenvalue weighted by Crippen LogP contribution is 2.26. The summed E-state index contributed by atoms with van der Waals surface area (Å²) in [5, 5.41) is 13.6. The maximum absolute atomic E-state index is 12.3. The third-order valence-corrected chi connectivity index (χ3v) is 4.54. The predicted octanol–water partition coefficient (Wildman–Crippen LogP) is 0.137. The van der Waals surface area contributed by atoms with Gasteiger partial charge < -0.3 is 5.32 Å². The van der Waals surface area contributed by atoms with Crippen LogP contribution in [0.15, 0.2) is 29.2 Å². The third kappa shape index (κ3) is 2.89. The molecular formula is C10H12ClN3O5S. The minimum Gasteiger partial charge on any atom is -0.307 e. The van der Waals surface area contributed by atoms with E-state index in [9.17, 15) is 23.3 Å². The monoisotopic (exact) mass is 321 g/mol. The first-order valence-corrected chi connectivity index (χ1v) is 6.88. The van der Waals surface area contributed by atoms with Crippen LogP contribution in [0.4, 0.5) is 5.69 Å². The molecule has 2 rings (SSSR count). The fourth-order valence-electron chi connectivity index (χ4n) is 1.79. The van der Waals surface area contributed by atoms with Crippen molar-refractivity contribution in [2.24, 2.45) is 0 Å². The van der Waals surface area contributed by atoms with Crippen LogP contribution >= 0.6 is 12.4 Å². The van der Waals surface area contributed by atoms with E-state index in [4.69, 9.17) is 0 Å². The molecule has 1 aromatic carbocycles. The van der Waals surface area contributed by atoms with Gasteiger partial charge in [0.15, 0.2) is 4.90 Å². The van der Waals surface area contributed by atoms with Gasteiger partial charge in [-0.15, -0.1) is 12.4 Å². The average molecular weight is 322 g/mol. The summed E-state index contributed by atoms with van der Waals surface area (Å²) in [6.45, 7) is 0.193. The van der Waals surface area contributed by atoms with Crippen LogP contribution < -0.4 is 5.32 Å². The number of nitro benzene ring substituents is 1. The van der Waals surface area contributed by atoms with Crippen molar-refractivity contribution in [2.75, 3.05) is 19.6 Å². The highest BCUT2D eigenvalue weighted by Gasteiger charge is 2.35. The van der Waals surface area contributed by atoms with Crippen molar-refractivity contribution in [1.82, 2.24) is 9.62 Å². The molecule has 110 valence electrons. The lowest BCUT2D eigenvalue weighted by Crippen LogP contribution is -2.50. The summed E-state index contributed by atoms with van der Waals surface area (Å²) in [7, 11) is -4.18. The van der Waals surface area contributed by atoms with Crippen LogP contribution in [-0.2, 0) is 14.8 Å². The molecule has 0 saturated carbocycles. The van der Waals surface area contributed by atoms with Gasteiger partial charge in [-0.3, -0.25) is 14.9 Å². The molecule has 0 atom stereocenters. The van der Waals surface area contributed by atoms with Gasteiger partial charge in [0, 0.05) is 19.2 Å². The maximum Gasteiger partial charge on any atom is 0.289 e. The van der Waals surface area contributed by atoms with E-state index in [1.807, 2.05) is 0 Å². The lowest BCUT2D eigenvalue weighted by Gasteiger charge is -2.26. The molecule has 1 aliphatic rings. The Morgan fingerprint density at radius 2 is 1.95 bits per heavy atom. The number of carbonyl (C=O) groups is 1. The van der Waals surface area contributed by atoms with Gasteiger partial charge in [0.05, 0.1) is 11.5 Å². The van der Waals surface area contributed by atoms with Crippen LogP contribution in [0.1, 0.15) is 0 Å². The first kappa shape index (κ1) is 16.3. The largest absolute Gasteiger partial charge is 0.307 e. The fraction of sp³-hybridized carbons (Fsp3) is 0.300. The Kier molecular flexibility index (Phi) is 5.03. The molecule has 8 nitrogen and oxygen atoms in total. The number of halogens is 1. The Hall–Kier alpha value is -1.71. The van der Waals surface area contributed by atoms with Crippen LogP contribution in [0.2, 0.25) is 0 Å². The Morgan fingerprint density at radius 1 is 1.30 bits per heavy atom. The minimum atomic E-state index is -4.18. The third-order valence-electron chi connectivity index (χ3n) is 2.68. The molecule has 1 saturated heterocycles. The second kappa shape index (κ2) is 6.16. The fourth-order valence-corrected chi connectivity index (χ4v) is 3.35. The summed E-state index contributed by atoms with van der Waals surface area (Å²) in [6.07, 6.45) is 0. The number of piperazine rings is 1. The minimum absolute atomic E-state index is 0. The number of para-hydroxylation sites is 1. The van der Waals surface area contributed by atoms with E-state index in [0.29, 0.717) is 10.8 Å². The molecule has 20 heavy (non-hydrogen) atoms. The van der Waals surface area contributed by atoms with Crippen molar-refractivity contribution in [1.29, 1.82) is 0 Å². The van der Waals surface area contributed by atoms with Crippen molar-refractivity contribution >= 4 is 34.0 Å². The number of carbonyl (C=O) groups excluding carboxylic acids is 1. The molecule has 10 heteroatoms. The molecular weight excluding hydrogens is 310 g/mol. The molecule has 1 aromatic rings. The van der Waals surface area contributed by atoms with E-state index < -0.39 is 31.4 Å². The van der Waals surface area contributed by atoms with E-state index in [1.165, 1.54) is 12.1 Å². The molecule has 0 unspecified atom stereocenters. The summed E-state index contributed by atoms with van der Waals surface area (Å²) < 4.78 is 25.3. The molecule has 1 N–H and O–H groups in total. The van der Waals surface area contributed by atoms with Crippen molar-refractivity contribution in [2.45, 2.75) is 4.90 Å². The zero-order valence-electron chi connectivity index (χ0n) is 10.2. The maximum atomic E-state index is 12.3. The molecule has 1 aliphatic heterocycles. The van der Waals surface area contributed by atoms with Crippen molar-refractivity contribution in [3.05, 3.63) is 34.4 Å². The number of nitrogens with one attached hydrogen (secondary N) is 1. The van der Waals surface area contributed by atoms with E-state index in [-0.39, 0.29) is 25.5 Å². The van der Waals surface area contributed by atoms with Crippen LogP contribution in [0.25, 0.3) is 0 Å². The van der Waals surface area contributed by atoms with Gasteiger partial charge in [0.25, 0.3) is 15.7 Å². The van der Waals surface area contributed by atoms with Gasteiger partial charge in [-0.05, 0) is 6.07 Å². The smallest absolute Gasteiger partial charge is 0.289 e. The van der Waals surface area contributed by atoms with E-state index >= 15 is 0 Å². The zero-order chi connectivity index (χ0) is 14.0. The van der Waals surface area contributed by atoms with Crippen molar-refractivity contribution in [3.8, 4) is 0 Å². The summed E-state index contributed by atoms with van der Waals surface area (Å²) >= 11 is 0. The van der Waals surface area contributed by atoms with E-state index in [2.05, 4.69) is 5.32 Å². The quantitative estimate of drug-likeness (QED) is 0.626. The number of sulfonamides is 1. The number of rotatable bonds is 3. The van der Waals surface area contributed by atoms with Gasteiger partial charge in [0.2, 0.25) is 5.91 Å². The first-order valence-electron chi connectivity index (χ1n) is 5.44. The average Bonchev–Trinajstić information content (AvgIpc) is 2.39. The summed E-state index contributed by atoms with van der Waals surface area (Å²) in [4.78, 5) is 21.2. The topological polar surface area (TPSA) is 110 Å². The second-order valence-corrected chi connectivity index (χ2v) is 5.70. The van der Waals surface area contributed by atoms with Crippen molar-refractivity contribution in [3.63, 3.8) is 0 Å².